The number of aromatic nitrogens is 1. The van der Waals surface area contributed by atoms with Gasteiger partial charge in [0.05, 0.1) is 0 Å². The van der Waals surface area contributed by atoms with Crippen LogP contribution in [0.3, 0.4) is 0 Å². The second-order valence-electron chi connectivity index (χ2n) is 7.81. The normalized spacial score (nSPS) is 11.5. The van der Waals surface area contributed by atoms with Crippen LogP contribution in [0.4, 0.5) is 9.18 Å². The van der Waals surface area contributed by atoms with E-state index in [-0.39, 0.29) is 24.2 Å². The van der Waals surface area contributed by atoms with Gasteiger partial charge in [0.15, 0.2) is 0 Å². The fourth-order valence-electron chi connectivity index (χ4n) is 3.04. The van der Waals surface area contributed by atoms with E-state index in [1.165, 1.54) is 24.3 Å². The molecule has 3 N–H and O–H groups in total. The number of amides is 3. The van der Waals surface area contributed by atoms with Crippen LogP contribution in [-0.2, 0) is 17.9 Å². The van der Waals surface area contributed by atoms with Crippen LogP contribution in [0.15, 0.2) is 72.9 Å². The summed E-state index contributed by atoms with van der Waals surface area (Å²) in [6.07, 6.45) is 1.57. The van der Waals surface area contributed by atoms with Crippen molar-refractivity contribution in [2.75, 3.05) is 0 Å². The molecule has 3 amide bonds. The third kappa shape index (κ3) is 7.60. The molecular formula is C25H27FN4O3. The Kier molecular flexibility index (Phi) is 8.35. The van der Waals surface area contributed by atoms with E-state index in [4.69, 9.17) is 4.74 Å². The Hall–Kier alpha value is -3.94. The monoisotopic (exact) mass is 450 g/mol. The summed E-state index contributed by atoms with van der Waals surface area (Å²) in [5, 5.41) is 8.35. The highest BCUT2D eigenvalue weighted by Crippen LogP contribution is 2.20. The third-order valence-corrected chi connectivity index (χ3v) is 4.83. The Balaban J connectivity index is 1.52. The van der Waals surface area contributed by atoms with Crippen LogP contribution in [0, 0.1) is 11.7 Å². The quantitative estimate of drug-likeness (QED) is 0.457. The molecule has 7 nitrogen and oxygen atoms in total. The van der Waals surface area contributed by atoms with Crippen LogP contribution in [0.1, 0.15) is 25.0 Å². The standard InChI is InChI=1S/C25H27FN4O3/c1-17(2)23(30-25(32)29-15-18-6-4-3-5-7-18)24(31)28-16-19-12-13-27-22(14-19)33-21-10-8-20(26)9-11-21/h3-14,17,23H,15-16H2,1-2H3,(H,28,31)(H2,29,30,32). The Morgan fingerprint density at radius 1 is 0.939 bits per heavy atom. The number of benzene rings is 2. The van der Waals surface area contributed by atoms with Crippen LogP contribution in [0.25, 0.3) is 0 Å². The largest absolute Gasteiger partial charge is 0.439 e. The highest BCUT2D eigenvalue weighted by molar-refractivity contribution is 5.87. The van der Waals surface area contributed by atoms with Gasteiger partial charge in [0.25, 0.3) is 0 Å². The van der Waals surface area contributed by atoms with Gasteiger partial charge in [-0.3, -0.25) is 4.79 Å². The molecule has 0 aliphatic heterocycles. The van der Waals surface area contributed by atoms with Crippen molar-refractivity contribution in [1.82, 2.24) is 20.9 Å². The number of rotatable bonds is 9. The summed E-state index contributed by atoms with van der Waals surface area (Å²) in [6, 6.07) is 17.5. The van der Waals surface area contributed by atoms with Gasteiger partial charge in [-0.25, -0.2) is 14.2 Å². The Labute approximate surface area is 192 Å². The van der Waals surface area contributed by atoms with Crippen molar-refractivity contribution in [3.63, 3.8) is 0 Å². The first-order chi connectivity index (χ1) is 15.9. The van der Waals surface area contributed by atoms with Gasteiger partial charge in [-0.15, -0.1) is 0 Å². The second-order valence-corrected chi connectivity index (χ2v) is 7.81. The van der Waals surface area contributed by atoms with Gasteiger partial charge in [-0.2, -0.15) is 0 Å². The summed E-state index contributed by atoms with van der Waals surface area (Å²) in [5.74, 6) is 0.0247. The molecule has 1 atom stereocenters. The van der Waals surface area contributed by atoms with Crippen LogP contribution < -0.4 is 20.7 Å². The molecule has 1 aromatic heterocycles. The fraction of sp³-hybridized carbons (Fsp3) is 0.240. The summed E-state index contributed by atoms with van der Waals surface area (Å²) >= 11 is 0. The Morgan fingerprint density at radius 3 is 2.33 bits per heavy atom. The lowest BCUT2D eigenvalue weighted by molar-refractivity contribution is -0.124. The lowest BCUT2D eigenvalue weighted by Gasteiger charge is -2.22. The van der Waals surface area contributed by atoms with E-state index in [0.717, 1.165) is 11.1 Å². The molecule has 0 radical (unpaired) electrons. The highest BCUT2D eigenvalue weighted by atomic mass is 19.1. The molecule has 172 valence electrons. The molecule has 1 unspecified atom stereocenters. The molecule has 1 heterocycles. The molecule has 0 aliphatic carbocycles. The van der Waals surface area contributed by atoms with E-state index in [9.17, 15) is 14.0 Å². The molecule has 3 rings (SSSR count). The van der Waals surface area contributed by atoms with Crippen LogP contribution in [0.2, 0.25) is 0 Å². The van der Waals surface area contributed by atoms with Crippen LogP contribution >= 0.6 is 0 Å². The summed E-state index contributed by atoms with van der Waals surface area (Å²) in [6.45, 7) is 4.33. The van der Waals surface area contributed by atoms with E-state index in [2.05, 4.69) is 20.9 Å². The number of carbonyl (C=O) groups excluding carboxylic acids is 2. The lowest BCUT2D eigenvalue weighted by atomic mass is 10.0. The molecule has 0 spiro atoms. The summed E-state index contributed by atoms with van der Waals surface area (Å²) in [7, 11) is 0. The third-order valence-electron chi connectivity index (χ3n) is 4.83. The lowest BCUT2D eigenvalue weighted by Crippen LogP contribution is -2.52. The number of nitrogens with one attached hydrogen (secondary N) is 3. The average Bonchev–Trinajstić information content (AvgIpc) is 2.82. The first-order valence-electron chi connectivity index (χ1n) is 10.6. The first kappa shape index (κ1) is 23.7. The van der Waals surface area contributed by atoms with Gasteiger partial charge in [0.2, 0.25) is 11.8 Å². The minimum atomic E-state index is -0.697. The maximum atomic E-state index is 13.0. The smallest absolute Gasteiger partial charge is 0.315 e. The fourth-order valence-corrected chi connectivity index (χ4v) is 3.04. The van der Waals surface area contributed by atoms with E-state index >= 15 is 0 Å². The first-order valence-corrected chi connectivity index (χ1v) is 10.6. The maximum absolute atomic E-state index is 13.0. The number of pyridine rings is 1. The highest BCUT2D eigenvalue weighted by Gasteiger charge is 2.24. The zero-order chi connectivity index (χ0) is 23.6. The molecule has 0 bridgehead atoms. The number of hydrogen-bond acceptors (Lipinski definition) is 4. The Morgan fingerprint density at radius 2 is 1.64 bits per heavy atom. The topological polar surface area (TPSA) is 92.4 Å². The SMILES string of the molecule is CC(C)C(NC(=O)NCc1ccccc1)C(=O)NCc1ccnc(Oc2ccc(F)cc2)c1. The molecule has 8 heteroatoms. The molecule has 0 fully saturated rings. The predicted molar refractivity (Wildman–Crippen MR) is 123 cm³/mol. The Bertz CT molecular complexity index is 1060. The summed E-state index contributed by atoms with van der Waals surface area (Å²) in [5.41, 5.74) is 1.74. The van der Waals surface area contributed by atoms with Gasteiger partial charge in [0.1, 0.15) is 17.6 Å². The average molecular weight is 451 g/mol. The van der Waals surface area contributed by atoms with Crippen molar-refractivity contribution in [2.24, 2.45) is 5.92 Å². The predicted octanol–water partition coefficient (Wildman–Crippen LogP) is 4.15. The van der Waals surface area contributed by atoms with E-state index in [1.54, 1.807) is 18.3 Å². The molecule has 0 saturated heterocycles. The van der Waals surface area contributed by atoms with E-state index < -0.39 is 12.1 Å². The molecular weight excluding hydrogens is 423 g/mol. The van der Waals surface area contributed by atoms with Crippen LogP contribution in [0.5, 0.6) is 11.6 Å². The maximum Gasteiger partial charge on any atom is 0.315 e. The zero-order valence-electron chi connectivity index (χ0n) is 18.5. The van der Waals surface area contributed by atoms with E-state index in [1.807, 2.05) is 44.2 Å². The molecule has 0 saturated carbocycles. The van der Waals surface area contributed by atoms with Gasteiger partial charge in [0, 0.05) is 25.4 Å². The minimum absolute atomic E-state index is 0.109. The van der Waals surface area contributed by atoms with Crippen molar-refractivity contribution in [3.8, 4) is 11.6 Å². The minimum Gasteiger partial charge on any atom is -0.439 e. The zero-order valence-corrected chi connectivity index (χ0v) is 18.5. The second kappa shape index (κ2) is 11.6. The number of ether oxygens (including phenoxy) is 1. The number of urea groups is 1. The van der Waals surface area contributed by atoms with Crippen molar-refractivity contribution in [1.29, 1.82) is 0 Å². The molecule has 2 aromatic carbocycles. The number of halogens is 1. The number of nitrogens with zero attached hydrogens (tertiary/aromatic N) is 1. The number of carbonyl (C=O) groups is 2. The van der Waals surface area contributed by atoms with Crippen molar-refractivity contribution < 1.29 is 18.7 Å². The summed E-state index contributed by atoms with van der Waals surface area (Å²) < 4.78 is 18.7. The molecule has 0 aliphatic rings. The van der Waals surface area contributed by atoms with Gasteiger partial charge in [-0.1, -0.05) is 44.2 Å². The van der Waals surface area contributed by atoms with Crippen LogP contribution in [-0.4, -0.2) is 23.0 Å². The van der Waals surface area contributed by atoms with E-state index in [0.29, 0.717) is 18.2 Å². The van der Waals surface area contributed by atoms with Gasteiger partial charge < -0.3 is 20.7 Å². The van der Waals surface area contributed by atoms with Gasteiger partial charge in [-0.05, 0) is 47.4 Å². The number of hydrogen-bond donors (Lipinski definition) is 3. The van der Waals surface area contributed by atoms with Crippen molar-refractivity contribution in [3.05, 3.63) is 89.9 Å². The summed E-state index contributed by atoms with van der Waals surface area (Å²) in [4.78, 5) is 29.2. The van der Waals surface area contributed by atoms with Crippen molar-refractivity contribution in [2.45, 2.75) is 33.0 Å². The molecule has 33 heavy (non-hydrogen) atoms. The van der Waals surface area contributed by atoms with Gasteiger partial charge >= 0.3 is 6.03 Å². The van der Waals surface area contributed by atoms with Crippen molar-refractivity contribution >= 4 is 11.9 Å². The molecule has 3 aromatic rings.